The van der Waals surface area contributed by atoms with Crippen molar-refractivity contribution in [3.63, 3.8) is 0 Å². The molecule has 1 aliphatic rings. The Kier molecular flexibility index (Phi) is 3.96. The van der Waals surface area contributed by atoms with E-state index in [4.69, 9.17) is 21.4 Å². The molecule has 2 unspecified atom stereocenters. The number of benzene rings is 1. The molecule has 1 aromatic carbocycles. The largest absolute Gasteiger partial charge is 0.496 e. The third-order valence-electron chi connectivity index (χ3n) is 3.48. The van der Waals surface area contributed by atoms with Crippen molar-refractivity contribution >= 4 is 17.6 Å². The molecular formula is C13H15ClFNO3. The van der Waals surface area contributed by atoms with Gasteiger partial charge >= 0.3 is 5.97 Å². The number of rotatable bonds is 3. The van der Waals surface area contributed by atoms with Crippen molar-refractivity contribution in [1.82, 2.24) is 5.32 Å². The zero-order valence-corrected chi connectivity index (χ0v) is 11.4. The van der Waals surface area contributed by atoms with E-state index in [1.54, 1.807) is 6.92 Å². The molecule has 2 atom stereocenters. The van der Waals surface area contributed by atoms with Crippen molar-refractivity contribution in [2.45, 2.75) is 19.4 Å². The zero-order valence-electron chi connectivity index (χ0n) is 10.7. The Morgan fingerprint density at radius 3 is 2.84 bits per heavy atom. The summed E-state index contributed by atoms with van der Waals surface area (Å²) in [6, 6.07) is 1.32. The maximum atomic E-state index is 13.7. The number of nitrogens with one attached hydrogen (secondary N) is 1. The van der Waals surface area contributed by atoms with E-state index in [-0.39, 0.29) is 11.1 Å². The number of carboxylic acids is 1. The van der Waals surface area contributed by atoms with Crippen LogP contribution in [-0.2, 0) is 4.79 Å². The van der Waals surface area contributed by atoms with Crippen LogP contribution in [0.2, 0.25) is 5.02 Å². The van der Waals surface area contributed by atoms with Crippen LogP contribution in [0.3, 0.4) is 0 Å². The standard InChI is InChI=1S/C13H15ClFNO3/c1-6-11(15)9(14)4-8(12(6)19-2)10-3-7(5-16-10)13(17)18/h4,7,10,16H,3,5H2,1-2H3,(H,17,18). The molecule has 1 aliphatic heterocycles. The lowest BCUT2D eigenvalue weighted by atomic mass is 9.97. The Bertz CT molecular complexity index is 521. The van der Waals surface area contributed by atoms with E-state index in [1.807, 2.05) is 0 Å². The van der Waals surface area contributed by atoms with Gasteiger partial charge in [0.15, 0.2) is 0 Å². The highest BCUT2D eigenvalue weighted by atomic mass is 35.5. The minimum absolute atomic E-state index is 0.0221. The van der Waals surface area contributed by atoms with Gasteiger partial charge in [-0.05, 0) is 19.4 Å². The van der Waals surface area contributed by atoms with Crippen LogP contribution >= 0.6 is 11.6 Å². The highest BCUT2D eigenvalue weighted by Crippen LogP contribution is 2.38. The van der Waals surface area contributed by atoms with Gasteiger partial charge in [-0.1, -0.05) is 11.6 Å². The summed E-state index contributed by atoms with van der Waals surface area (Å²) in [5.41, 5.74) is 1.04. The van der Waals surface area contributed by atoms with Gasteiger partial charge in [0, 0.05) is 23.7 Å². The molecule has 0 bridgehead atoms. The predicted octanol–water partition coefficient (Wildman–Crippen LogP) is 2.53. The molecule has 19 heavy (non-hydrogen) atoms. The summed E-state index contributed by atoms with van der Waals surface area (Å²) < 4.78 is 19.0. The van der Waals surface area contributed by atoms with Gasteiger partial charge in [-0.25, -0.2) is 4.39 Å². The second kappa shape index (κ2) is 5.35. The average Bonchev–Trinajstić information content (AvgIpc) is 2.85. The van der Waals surface area contributed by atoms with Crippen LogP contribution in [0.5, 0.6) is 5.75 Å². The average molecular weight is 288 g/mol. The van der Waals surface area contributed by atoms with Gasteiger partial charge in [-0.15, -0.1) is 0 Å². The normalized spacial score (nSPS) is 22.5. The summed E-state index contributed by atoms with van der Waals surface area (Å²) in [7, 11) is 1.46. The van der Waals surface area contributed by atoms with Gasteiger partial charge in [-0.2, -0.15) is 0 Å². The first-order valence-corrected chi connectivity index (χ1v) is 6.32. The van der Waals surface area contributed by atoms with Gasteiger partial charge in [0.1, 0.15) is 11.6 Å². The maximum Gasteiger partial charge on any atom is 0.307 e. The molecule has 2 N–H and O–H groups in total. The predicted molar refractivity (Wildman–Crippen MR) is 69.2 cm³/mol. The second-order valence-corrected chi connectivity index (χ2v) is 5.06. The van der Waals surface area contributed by atoms with E-state index in [0.29, 0.717) is 29.8 Å². The van der Waals surface area contributed by atoms with Crippen LogP contribution in [0.4, 0.5) is 4.39 Å². The Labute approximate surface area is 115 Å². The molecule has 0 spiro atoms. The second-order valence-electron chi connectivity index (χ2n) is 4.65. The number of halogens is 2. The summed E-state index contributed by atoms with van der Waals surface area (Å²) >= 11 is 5.85. The molecule has 6 heteroatoms. The molecule has 0 aliphatic carbocycles. The lowest BCUT2D eigenvalue weighted by Crippen LogP contribution is -2.17. The van der Waals surface area contributed by atoms with E-state index >= 15 is 0 Å². The van der Waals surface area contributed by atoms with Gasteiger partial charge in [-0.3, -0.25) is 4.79 Å². The topological polar surface area (TPSA) is 58.6 Å². The quantitative estimate of drug-likeness (QED) is 0.897. The lowest BCUT2D eigenvalue weighted by molar-refractivity contribution is -0.141. The summed E-state index contributed by atoms with van der Waals surface area (Å²) in [5, 5.41) is 12.1. The summed E-state index contributed by atoms with van der Waals surface area (Å²) in [6.07, 6.45) is 0.438. The first-order valence-electron chi connectivity index (χ1n) is 5.94. The molecule has 1 fully saturated rings. The number of carbonyl (C=O) groups is 1. The SMILES string of the molecule is COc1c(C2CC(C(=O)O)CN2)cc(Cl)c(F)c1C. The van der Waals surface area contributed by atoms with Gasteiger partial charge in [0.05, 0.1) is 18.1 Å². The molecule has 2 rings (SSSR count). The zero-order chi connectivity index (χ0) is 14.2. The minimum atomic E-state index is -0.834. The summed E-state index contributed by atoms with van der Waals surface area (Å²) in [6.45, 7) is 1.98. The molecule has 0 amide bonds. The molecule has 104 valence electrons. The van der Waals surface area contributed by atoms with E-state index in [9.17, 15) is 9.18 Å². The van der Waals surface area contributed by atoms with Crippen molar-refractivity contribution in [2.24, 2.45) is 5.92 Å². The van der Waals surface area contributed by atoms with Crippen LogP contribution in [0.1, 0.15) is 23.6 Å². The number of ether oxygens (including phenoxy) is 1. The summed E-state index contributed by atoms with van der Waals surface area (Å²) in [5.74, 6) is -1.36. The van der Waals surface area contributed by atoms with E-state index in [2.05, 4.69) is 5.32 Å². The van der Waals surface area contributed by atoms with Crippen LogP contribution in [0.25, 0.3) is 0 Å². The number of hydrogen-bond acceptors (Lipinski definition) is 3. The molecule has 4 nitrogen and oxygen atoms in total. The molecule has 1 heterocycles. The van der Waals surface area contributed by atoms with Crippen LogP contribution < -0.4 is 10.1 Å². The fourth-order valence-electron chi connectivity index (χ4n) is 2.45. The number of carboxylic acid groups (broad SMARTS) is 1. The Hall–Kier alpha value is -1.33. The first-order chi connectivity index (χ1) is 8.95. The monoisotopic (exact) mass is 287 g/mol. The fraction of sp³-hybridized carbons (Fsp3) is 0.462. The Morgan fingerprint density at radius 2 is 2.32 bits per heavy atom. The van der Waals surface area contributed by atoms with Crippen molar-refractivity contribution in [3.8, 4) is 5.75 Å². The van der Waals surface area contributed by atoms with E-state index in [0.717, 1.165) is 0 Å². The van der Waals surface area contributed by atoms with Gasteiger partial charge in [0.2, 0.25) is 0 Å². The molecule has 0 saturated carbocycles. The van der Waals surface area contributed by atoms with Gasteiger partial charge in [0.25, 0.3) is 0 Å². The van der Waals surface area contributed by atoms with Crippen molar-refractivity contribution < 1.29 is 19.0 Å². The molecule has 0 radical (unpaired) electrons. The van der Waals surface area contributed by atoms with Gasteiger partial charge < -0.3 is 15.2 Å². The number of methoxy groups -OCH3 is 1. The van der Waals surface area contributed by atoms with Crippen molar-refractivity contribution in [1.29, 1.82) is 0 Å². The Morgan fingerprint density at radius 1 is 1.63 bits per heavy atom. The lowest BCUT2D eigenvalue weighted by Gasteiger charge is -2.18. The molecule has 1 saturated heterocycles. The van der Waals surface area contributed by atoms with E-state index < -0.39 is 17.7 Å². The van der Waals surface area contributed by atoms with Crippen molar-refractivity contribution in [2.75, 3.05) is 13.7 Å². The number of aliphatic carboxylic acids is 1. The Balaban J connectivity index is 2.38. The molecule has 1 aromatic rings. The highest BCUT2D eigenvalue weighted by molar-refractivity contribution is 6.31. The molecular weight excluding hydrogens is 273 g/mol. The smallest absolute Gasteiger partial charge is 0.307 e. The summed E-state index contributed by atoms with van der Waals surface area (Å²) in [4.78, 5) is 11.0. The maximum absolute atomic E-state index is 13.7. The van der Waals surface area contributed by atoms with E-state index in [1.165, 1.54) is 13.2 Å². The minimum Gasteiger partial charge on any atom is -0.496 e. The highest BCUT2D eigenvalue weighted by Gasteiger charge is 2.32. The third kappa shape index (κ3) is 2.53. The van der Waals surface area contributed by atoms with Crippen LogP contribution in [0.15, 0.2) is 6.07 Å². The van der Waals surface area contributed by atoms with Crippen LogP contribution in [-0.4, -0.2) is 24.7 Å². The third-order valence-corrected chi connectivity index (χ3v) is 3.76. The number of hydrogen-bond donors (Lipinski definition) is 2. The molecule has 0 aromatic heterocycles. The van der Waals surface area contributed by atoms with Crippen LogP contribution in [0, 0.1) is 18.7 Å². The first kappa shape index (κ1) is 14.1. The van der Waals surface area contributed by atoms with Crippen molar-refractivity contribution in [3.05, 3.63) is 28.0 Å². The fourth-order valence-corrected chi connectivity index (χ4v) is 2.71.